The lowest BCUT2D eigenvalue weighted by molar-refractivity contribution is -0.163. The number of carbonyl (C=O) groups is 2. The molecule has 4 heteroatoms. The van der Waals surface area contributed by atoms with Crippen LogP contribution in [0.25, 0.3) is 0 Å². The van der Waals surface area contributed by atoms with Crippen molar-refractivity contribution >= 4 is 11.9 Å². The molecule has 0 aromatic heterocycles. The van der Waals surface area contributed by atoms with Crippen LogP contribution in [0.3, 0.4) is 0 Å². The van der Waals surface area contributed by atoms with Gasteiger partial charge >= 0.3 is 11.9 Å². The van der Waals surface area contributed by atoms with Crippen molar-refractivity contribution in [2.24, 2.45) is 5.92 Å². The summed E-state index contributed by atoms with van der Waals surface area (Å²) in [7, 11) is 0. The van der Waals surface area contributed by atoms with E-state index in [1.165, 1.54) is 18.9 Å². The molecule has 0 amide bonds. The molecule has 21 heavy (non-hydrogen) atoms. The Morgan fingerprint density at radius 1 is 1.43 bits per heavy atom. The minimum Gasteiger partial charge on any atom is -0.454 e. The fourth-order valence-corrected chi connectivity index (χ4v) is 2.21. The van der Waals surface area contributed by atoms with Crippen LogP contribution >= 0.6 is 0 Å². The first-order valence-corrected chi connectivity index (χ1v) is 7.80. The molecule has 4 nitrogen and oxygen atoms in total. The Labute approximate surface area is 127 Å². The minimum atomic E-state index is -0.524. The molecule has 3 atom stereocenters. The Balaban J connectivity index is 2.47. The van der Waals surface area contributed by atoms with E-state index in [0.29, 0.717) is 0 Å². The maximum atomic E-state index is 12.1. The molecule has 0 spiro atoms. The van der Waals surface area contributed by atoms with Gasteiger partial charge in [0.2, 0.25) is 0 Å². The molecular weight excluding hydrogens is 268 g/mol. The maximum Gasteiger partial charge on any atom is 0.331 e. The van der Waals surface area contributed by atoms with Crippen LogP contribution in [0.2, 0.25) is 0 Å². The first-order chi connectivity index (χ1) is 10.1. The summed E-state index contributed by atoms with van der Waals surface area (Å²) in [6.07, 6.45) is 10.8. The van der Waals surface area contributed by atoms with Crippen molar-refractivity contribution in [2.45, 2.75) is 65.1 Å². The molecular formula is C17H26O4. The summed E-state index contributed by atoms with van der Waals surface area (Å²) in [5.41, 5.74) is 0. The summed E-state index contributed by atoms with van der Waals surface area (Å²) in [5, 5.41) is 0. The van der Waals surface area contributed by atoms with Crippen molar-refractivity contribution in [1.29, 1.82) is 0 Å². The Morgan fingerprint density at radius 3 is 2.86 bits per heavy atom. The minimum absolute atomic E-state index is 0.126. The van der Waals surface area contributed by atoms with Crippen LogP contribution in [0.4, 0.5) is 0 Å². The molecule has 0 N–H and O–H groups in total. The molecule has 0 radical (unpaired) electrons. The third-order valence-corrected chi connectivity index (χ3v) is 3.53. The fourth-order valence-electron chi connectivity index (χ4n) is 2.21. The zero-order chi connectivity index (χ0) is 15.7. The normalized spacial score (nSPS) is 23.1. The average Bonchev–Trinajstić information content (AvgIpc) is 2.46. The zero-order valence-corrected chi connectivity index (χ0v) is 13.2. The van der Waals surface area contributed by atoms with Crippen LogP contribution in [-0.4, -0.2) is 24.1 Å². The molecule has 1 aliphatic rings. The standard InChI is InChI=1S/C17H26O4/c1-4-6-7-8-10-13(3)17(19)21-15-11-12-16(18)20-14(15)9-5-2/h5,9,11-15H,4,6-8,10H2,1-3H3/b9-5+/t13?,14-,15-/m0/s1. The fraction of sp³-hybridized carbons (Fsp3) is 0.647. The third kappa shape index (κ3) is 6.15. The van der Waals surface area contributed by atoms with Crippen molar-refractivity contribution < 1.29 is 19.1 Å². The predicted octanol–water partition coefficient (Wildman–Crippen LogP) is 3.56. The Bertz CT molecular complexity index is 398. The first kappa shape index (κ1) is 17.5. The number of unbranched alkanes of at least 4 members (excludes halogenated alkanes) is 3. The third-order valence-electron chi connectivity index (χ3n) is 3.53. The van der Waals surface area contributed by atoms with Gasteiger partial charge in [0.05, 0.1) is 5.92 Å². The molecule has 118 valence electrons. The largest absolute Gasteiger partial charge is 0.454 e. The van der Waals surface area contributed by atoms with Crippen LogP contribution in [0.1, 0.15) is 52.9 Å². The Kier molecular flexibility index (Phi) is 7.80. The van der Waals surface area contributed by atoms with E-state index in [4.69, 9.17) is 9.47 Å². The summed E-state index contributed by atoms with van der Waals surface area (Å²) >= 11 is 0. The van der Waals surface area contributed by atoms with Gasteiger partial charge in [0.25, 0.3) is 0 Å². The van der Waals surface area contributed by atoms with Gasteiger partial charge in [-0.1, -0.05) is 45.6 Å². The van der Waals surface area contributed by atoms with Crippen molar-refractivity contribution in [3.8, 4) is 0 Å². The first-order valence-electron chi connectivity index (χ1n) is 7.80. The molecule has 0 bridgehead atoms. The summed E-state index contributed by atoms with van der Waals surface area (Å²) in [5.74, 6) is -0.759. The van der Waals surface area contributed by atoms with Crippen LogP contribution in [0.5, 0.6) is 0 Å². The topological polar surface area (TPSA) is 52.6 Å². The average molecular weight is 294 g/mol. The lowest BCUT2D eigenvalue weighted by atomic mass is 10.0. The van der Waals surface area contributed by atoms with Gasteiger partial charge in [0.1, 0.15) is 0 Å². The Hall–Kier alpha value is -1.58. The van der Waals surface area contributed by atoms with Crippen molar-refractivity contribution in [2.75, 3.05) is 0 Å². The molecule has 1 heterocycles. The van der Waals surface area contributed by atoms with Gasteiger partial charge in [-0.15, -0.1) is 0 Å². The second kappa shape index (κ2) is 9.37. The molecule has 0 fully saturated rings. The van der Waals surface area contributed by atoms with Crippen LogP contribution in [-0.2, 0) is 19.1 Å². The number of ether oxygens (including phenoxy) is 2. The number of cyclic esters (lactones) is 1. The van der Waals surface area contributed by atoms with Crippen LogP contribution in [0, 0.1) is 5.92 Å². The van der Waals surface area contributed by atoms with E-state index < -0.39 is 18.2 Å². The highest BCUT2D eigenvalue weighted by molar-refractivity contribution is 5.83. The lowest BCUT2D eigenvalue weighted by Gasteiger charge is -2.26. The van der Waals surface area contributed by atoms with Crippen LogP contribution < -0.4 is 0 Å². The van der Waals surface area contributed by atoms with Crippen molar-refractivity contribution in [3.63, 3.8) is 0 Å². The predicted molar refractivity (Wildman–Crippen MR) is 81.6 cm³/mol. The zero-order valence-electron chi connectivity index (χ0n) is 13.2. The monoisotopic (exact) mass is 294 g/mol. The molecule has 0 aromatic rings. The second-order valence-corrected chi connectivity index (χ2v) is 5.44. The SMILES string of the molecule is C/C=C/[C@@H]1OC(=O)C=C[C@@H]1OC(=O)C(C)CCCCCC. The lowest BCUT2D eigenvalue weighted by Crippen LogP contribution is -2.36. The second-order valence-electron chi connectivity index (χ2n) is 5.44. The molecule has 1 aliphatic heterocycles. The highest BCUT2D eigenvalue weighted by atomic mass is 16.6. The van der Waals surface area contributed by atoms with Gasteiger partial charge in [0, 0.05) is 6.08 Å². The molecule has 0 saturated heterocycles. The van der Waals surface area contributed by atoms with Crippen molar-refractivity contribution in [3.05, 3.63) is 24.3 Å². The summed E-state index contributed by atoms with van der Waals surface area (Å²) in [6.45, 7) is 5.88. The summed E-state index contributed by atoms with van der Waals surface area (Å²) in [6, 6.07) is 0. The number of allylic oxidation sites excluding steroid dienone is 1. The number of carbonyl (C=O) groups excluding carboxylic acids is 2. The van der Waals surface area contributed by atoms with E-state index in [2.05, 4.69) is 6.92 Å². The highest BCUT2D eigenvalue weighted by Crippen LogP contribution is 2.18. The number of esters is 2. The van der Waals surface area contributed by atoms with Gasteiger partial charge in [-0.25, -0.2) is 4.79 Å². The van der Waals surface area contributed by atoms with E-state index >= 15 is 0 Å². The van der Waals surface area contributed by atoms with E-state index in [1.807, 2.05) is 13.8 Å². The highest BCUT2D eigenvalue weighted by Gasteiger charge is 2.29. The van der Waals surface area contributed by atoms with E-state index in [9.17, 15) is 9.59 Å². The van der Waals surface area contributed by atoms with E-state index in [0.717, 1.165) is 19.3 Å². The quantitative estimate of drug-likeness (QED) is 0.390. The van der Waals surface area contributed by atoms with Gasteiger partial charge < -0.3 is 9.47 Å². The van der Waals surface area contributed by atoms with Crippen molar-refractivity contribution in [1.82, 2.24) is 0 Å². The van der Waals surface area contributed by atoms with E-state index in [-0.39, 0.29) is 11.9 Å². The van der Waals surface area contributed by atoms with Gasteiger partial charge in [-0.3, -0.25) is 4.79 Å². The summed E-state index contributed by atoms with van der Waals surface area (Å²) in [4.78, 5) is 23.3. The molecule has 1 rings (SSSR count). The number of hydrogen-bond donors (Lipinski definition) is 0. The molecule has 0 aromatic carbocycles. The summed E-state index contributed by atoms with van der Waals surface area (Å²) < 4.78 is 10.6. The number of hydrogen-bond acceptors (Lipinski definition) is 4. The maximum absolute atomic E-state index is 12.1. The van der Waals surface area contributed by atoms with Gasteiger partial charge in [-0.2, -0.15) is 0 Å². The van der Waals surface area contributed by atoms with Gasteiger partial charge in [-0.05, 0) is 25.5 Å². The smallest absolute Gasteiger partial charge is 0.331 e. The molecule has 0 aliphatic carbocycles. The molecule has 0 saturated carbocycles. The Morgan fingerprint density at radius 2 is 2.19 bits per heavy atom. The molecule has 1 unspecified atom stereocenters. The van der Waals surface area contributed by atoms with Gasteiger partial charge in [0.15, 0.2) is 12.2 Å². The van der Waals surface area contributed by atoms with Crippen LogP contribution in [0.15, 0.2) is 24.3 Å². The van der Waals surface area contributed by atoms with E-state index in [1.54, 1.807) is 18.2 Å². The number of rotatable bonds is 8.